The van der Waals surface area contributed by atoms with Gasteiger partial charge >= 0.3 is 0 Å². The van der Waals surface area contributed by atoms with Crippen LogP contribution in [-0.2, 0) is 4.74 Å². The van der Waals surface area contributed by atoms with E-state index in [4.69, 9.17) is 9.47 Å². The Hall–Kier alpha value is -0.710. The highest BCUT2D eigenvalue weighted by atomic mass is 32.2. The number of nitrogens with one attached hydrogen (secondary N) is 1. The van der Waals surface area contributed by atoms with Gasteiger partial charge in [-0.2, -0.15) is 11.8 Å². The molecular formula is C14H21NO2S. The molecule has 2 rings (SSSR count). The van der Waals surface area contributed by atoms with Crippen LogP contribution in [0.4, 0.5) is 0 Å². The van der Waals surface area contributed by atoms with Crippen molar-refractivity contribution in [3.8, 4) is 5.75 Å². The van der Waals surface area contributed by atoms with Crippen molar-refractivity contribution < 1.29 is 9.47 Å². The third-order valence-corrected chi connectivity index (χ3v) is 4.11. The van der Waals surface area contributed by atoms with Gasteiger partial charge in [-0.05, 0) is 24.2 Å². The van der Waals surface area contributed by atoms with Crippen LogP contribution in [0.3, 0.4) is 0 Å². The molecule has 1 aliphatic heterocycles. The van der Waals surface area contributed by atoms with E-state index in [9.17, 15) is 0 Å². The summed E-state index contributed by atoms with van der Waals surface area (Å²) < 4.78 is 11.2. The molecule has 0 bridgehead atoms. The van der Waals surface area contributed by atoms with E-state index in [2.05, 4.69) is 24.4 Å². The number of ether oxygens (including phenoxy) is 2. The fourth-order valence-corrected chi connectivity index (χ4v) is 3.12. The third kappa shape index (κ3) is 3.40. The van der Waals surface area contributed by atoms with Crippen LogP contribution in [0, 0.1) is 0 Å². The Bertz CT molecular complexity index is 367. The molecule has 1 aromatic rings. The fourth-order valence-electron chi connectivity index (χ4n) is 2.22. The van der Waals surface area contributed by atoms with E-state index in [1.807, 2.05) is 23.9 Å². The lowest BCUT2D eigenvalue weighted by Gasteiger charge is -2.31. The minimum Gasteiger partial charge on any atom is -0.497 e. The molecule has 0 radical (unpaired) electrons. The molecule has 1 aliphatic rings. The van der Waals surface area contributed by atoms with Gasteiger partial charge in [0.2, 0.25) is 0 Å². The number of hydrogen-bond donors (Lipinski definition) is 1. The number of thioether (sulfide) groups is 1. The highest BCUT2D eigenvalue weighted by Gasteiger charge is 2.25. The Morgan fingerprint density at radius 1 is 1.56 bits per heavy atom. The second-order valence-electron chi connectivity index (χ2n) is 4.30. The Morgan fingerprint density at radius 3 is 3.11 bits per heavy atom. The maximum Gasteiger partial charge on any atom is 0.119 e. The van der Waals surface area contributed by atoms with Crippen molar-refractivity contribution >= 4 is 11.8 Å². The average molecular weight is 267 g/mol. The monoisotopic (exact) mass is 267 g/mol. The summed E-state index contributed by atoms with van der Waals surface area (Å²) in [6.07, 6.45) is 0.246. The number of benzene rings is 1. The minimum absolute atomic E-state index is 0.246. The molecule has 1 saturated heterocycles. The van der Waals surface area contributed by atoms with Gasteiger partial charge in [0.05, 0.1) is 25.9 Å². The molecule has 0 aliphatic carbocycles. The predicted octanol–water partition coefficient (Wildman–Crippen LogP) is 2.48. The summed E-state index contributed by atoms with van der Waals surface area (Å²) in [5.74, 6) is 3.06. The number of rotatable bonds is 5. The highest BCUT2D eigenvalue weighted by molar-refractivity contribution is 7.99. The Balaban J connectivity index is 2.16. The molecule has 100 valence electrons. The normalized spacial score (nSPS) is 21.6. The Kier molecular flexibility index (Phi) is 5.35. The van der Waals surface area contributed by atoms with E-state index < -0.39 is 0 Å². The summed E-state index contributed by atoms with van der Waals surface area (Å²) >= 11 is 1.97. The smallest absolute Gasteiger partial charge is 0.119 e. The number of likely N-dealkylation sites (N-methyl/N-ethyl adjacent to an activating group) is 1. The Morgan fingerprint density at radius 2 is 2.44 bits per heavy atom. The van der Waals surface area contributed by atoms with Crippen molar-refractivity contribution in [2.75, 3.05) is 31.8 Å². The molecular weight excluding hydrogens is 246 g/mol. The van der Waals surface area contributed by atoms with Crippen LogP contribution in [0.2, 0.25) is 0 Å². The van der Waals surface area contributed by atoms with Gasteiger partial charge in [0.1, 0.15) is 5.75 Å². The SMILES string of the molecule is CCNC(c1cccc(OC)c1)C1CSCCO1. The van der Waals surface area contributed by atoms with E-state index in [1.54, 1.807) is 7.11 Å². The summed E-state index contributed by atoms with van der Waals surface area (Å²) in [5.41, 5.74) is 1.24. The van der Waals surface area contributed by atoms with Crippen molar-refractivity contribution in [1.82, 2.24) is 5.32 Å². The molecule has 3 nitrogen and oxygen atoms in total. The molecule has 18 heavy (non-hydrogen) atoms. The van der Waals surface area contributed by atoms with Crippen LogP contribution in [-0.4, -0.2) is 37.9 Å². The second-order valence-corrected chi connectivity index (χ2v) is 5.45. The Labute approximate surface area is 113 Å². The minimum atomic E-state index is 0.246. The summed E-state index contributed by atoms with van der Waals surface area (Å²) in [6.45, 7) is 3.91. The summed E-state index contributed by atoms with van der Waals surface area (Å²) in [6, 6.07) is 8.49. The second kappa shape index (κ2) is 7.02. The average Bonchev–Trinajstić information content (AvgIpc) is 2.46. The van der Waals surface area contributed by atoms with Crippen LogP contribution in [0.1, 0.15) is 18.5 Å². The molecule has 0 aromatic heterocycles. The molecule has 2 atom stereocenters. The van der Waals surface area contributed by atoms with Crippen LogP contribution < -0.4 is 10.1 Å². The lowest BCUT2D eigenvalue weighted by molar-refractivity contribution is 0.0472. The third-order valence-electron chi connectivity index (χ3n) is 3.09. The van der Waals surface area contributed by atoms with Crippen molar-refractivity contribution in [3.63, 3.8) is 0 Å². The van der Waals surface area contributed by atoms with Crippen molar-refractivity contribution in [3.05, 3.63) is 29.8 Å². The lowest BCUT2D eigenvalue weighted by atomic mass is 10.0. The summed E-state index contributed by atoms with van der Waals surface area (Å²) in [7, 11) is 1.70. The van der Waals surface area contributed by atoms with Gasteiger partial charge in [0.25, 0.3) is 0 Å². The molecule has 4 heteroatoms. The molecule has 2 unspecified atom stereocenters. The lowest BCUT2D eigenvalue weighted by Crippen LogP contribution is -2.38. The zero-order chi connectivity index (χ0) is 12.8. The van der Waals surface area contributed by atoms with Gasteiger partial charge in [-0.1, -0.05) is 19.1 Å². The number of methoxy groups -OCH3 is 1. The van der Waals surface area contributed by atoms with Crippen molar-refractivity contribution in [2.45, 2.75) is 19.1 Å². The molecule has 1 aromatic carbocycles. The van der Waals surface area contributed by atoms with Crippen LogP contribution in [0.25, 0.3) is 0 Å². The summed E-state index contributed by atoms with van der Waals surface area (Å²) in [4.78, 5) is 0. The van der Waals surface area contributed by atoms with Gasteiger partial charge in [-0.15, -0.1) is 0 Å². The molecule has 0 spiro atoms. The first-order valence-corrected chi connectivity index (χ1v) is 7.57. The van der Waals surface area contributed by atoms with E-state index in [1.165, 1.54) is 5.56 Å². The maximum atomic E-state index is 5.90. The molecule has 1 N–H and O–H groups in total. The van der Waals surface area contributed by atoms with Gasteiger partial charge < -0.3 is 14.8 Å². The molecule has 1 heterocycles. The zero-order valence-electron chi connectivity index (χ0n) is 11.0. The van der Waals surface area contributed by atoms with Crippen molar-refractivity contribution in [2.24, 2.45) is 0 Å². The molecule has 1 fully saturated rings. The van der Waals surface area contributed by atoms with E-state index >= 15 is 0 Å². The predicted molar refractivity (Wildman–Crippen MR) is 76.5 cm³/mol. The van der Waals surface area contributed by atoms with Gasteiger partial charge in [-0.25, -0.2) is 0 Å². The van der Waals surface area contributed by atoms with Gasteiger partial charge in [0.15, 0.2) is 0 Å². The first-order chi connectivity index (χ1) is 8.85. The molecule has 0 amide bonds. The van der Waals surface area contributed by atoms with E-state index in [0.29, 0.717) is 0 Å². The molecule has 0 saturated carbocycles. The van der Waals surface area contributed by atoms with E-state index in [0.717, 1.165) is 30.4 Å². The first-order valence-electron chi connectivity index (χ1n) is 6.42. The summed E-state index contributed by atoms with van der Waals surface area (Å²) in [5, 5.41) is 3.53. The largest absolute Gasteiger partial charge is 0.497 e. The fraction of sp³-hybridized carbons (Fsp3) is 0.571. The van der Waals surface area contributed by atoms with E-state index in [-0.39, 0.29) is 12.1 Å². The zero-order valence-corrected chi connectivity index (χ0v) is 11.8. The standard InChI is InChI=1S/C14H21NO2S/c1-3-15-14(13-10-18-8-7-17-13)11-5-4-6-12(9-11)16-2/h4-6,9,13-15H,3,7-8,10H2,1-2H3. The van der Waals surface area contributed by atoms with Crippen LogP contribution in [0.5, 0.6) is 5.75 Å². The maximum absolute atomic E-state index is 5.90. The van der Waals surface area contributed by atoms with Crippen molar-refractivity contribution in [1.29, 1.82) is 0 Å². The van der Waals surface area contributed by atoms with Crippen LogP contribution >= 0.6 is 11.8 Å². The van der Waals surface area contributed by atoms with Gasteiger partial charge in [-0.3, -0.25) is 0 Å². The quantitative estimate of drug-likeness (QED) is 0.888. The first kappa shape index (κ1) is 13.7. The topological polar surface area (TPSA) is 30.5 Å². The highest BCUT2D eigenvalue weighted by Crippen LogP contribution is 2.27. The van der Waals surface area contributed by atoms with Gasteiger partial charge in [0, 0.05) is 11.5 Å². The van der Waals surface area contributed by atoms with Crippen LogP contribution in [0.15, 0.2) is 24.3 Å². The number of hydrogen-bond acceptors (Lipinski definition) is 4.